The van der Waals surface area contributed by atoms with Gasteiger partial charge in [-0.3, -0.25) is 4.68 Å². The van der Waals surface area contributed by atoms with Crippen molar-refractivity contribution in [3.63, 3.8) is 0 Å². The summed E-state index contributed by atoms with van der Waals surface area (Å²) < 4.78 is 3.61. The molecule has 6 rings (SSSR count). The first-order chi connectivity index (χ1) is 16.2. The van der Waals surface area contributed by atoms with Gasteiger partial charge < -0.3 is 4.90 Å². The van der Waals surface area contributed by atoms with Crippen molar-refractivity contribution in [2.45, 2.75) is 19.4 Å². The molecule has 2 aromatic carbocycles. The monoisotopic (exact) mass is 453 g/mol. The molecule has 0 atom stereocenters. The van der Waals surface area contributed by atoms with Crippen LogP contribution in [0, 0.1) is 0 Å². The molecule has 0 amide bonds. The van der Waals surface area contributed by atoms with E-state index in [2.05, 4.69) is 62.8 Å². The molecule has 33 heavy (non-hydrogen) atoms. The lowest BCUT2D eigenvalue weighted by atomic mass is 9.97. The van der Waals surface area contributed by atoms with Crippen LogP contribution in [0.4, 0.5) is 5.13 Å². The third-order valence-electron chi connectivity index (χ3n) is 6.01. The Morgan fingerprint density at radius 2 is 1.97 bits per heavy atom. The van der Waals surface area contributed by atoms with Crippen LogP contribution < -0.4 is 4.90 Å². The normalized spacial score (nSPS) is 13.3. The SMILES string of the molecule is Cn1cc(-c2ccc3c(c2)CN(c2ncc(Cc4ccc(-n5cccn5)cc4)s2)CC3)nn1. The summed E-state index contributed by atoms with van der Waals surface area (Å²) in [6.07, 6.45) is 9.64. The first-order valence-electron chi connectivity index (χ1n) is 11.0. The summed E-state index contributed by atoms with van der Waals surface area (Å²) in [7, 11) is 1.89. The highest BCUT2D eigenvalue weighted by atomic mass is 32.1. The Kier molecular flexibility index (Phi) is 4.99. The molecule has 0 unspecified atom stereocenters. The second kappa shape index (κ2) is 8.29. The largest absolute Gasteiger partial charge is 0.343 e. The van der Waals surface area contributed by atoms with Gasteiger partial charge in [0.1, 0.15) is 5.69 Å². The van der Waals surface area contributed by atoms with Gasteiger partial charge in [-0.05, 0) is 47.4 Å². The third-order valence-corrected chi connectivity index (χ3v) is 7.07. The zero-order chi connectivity index (χ0) is 22.2. The molecule has 0 saturated heterocycles. The molecule has 1 aliphatic rings. The number of aryl methyl sites for hydroxylation is 1. The quantitative estimate of drug-likeness (QED) is 0.398. The van der Waals surface area contributed by atoms with Gasteiger partial charge in [0.2, 0.25) is 0 Å². The molecular formula is C25H23N7S. The van der Waals surface area contributed by atoms with Crippen molar-refractivity contribution in [2.75, 3.05) is 11.4 Å². The van der Waals surface area contributed by atoms with E-state index in [1.807, 2.05) is 36.4 Å². The molecule has 5 aromatic rings. The molecule has 0 radical (unpaired) electrons. The number of aromatic nitrogens is 6. The fraction of sp³-hybridized carbons (Fsp3) is 0.200. The van der Waals surface area contributed by atoms with Gasteiger partial charge in [-0.2, -0.15) is 5.10 Å². The molecule has 3 aromatic heterocycles. The van der Waals surface area contributed by atoms with Crippen molar-refractivity contribution in [1.82, 2.24) is 29.8 Å². The molecule has 164 valence electrons. The van der Waals surface area contributed by atoms with Gasteiger partial charge >= 0.3 is 0 Å². The predicted molar refractivity (Wildman–Crippen MR) is 130 cm³/mol. The fourth-order valence-corrected chi connectivity index (χ4v) is 5.24. The molecule has 0 fully saturated rings. The number of fused-ring (bicyclic) bond motifs is 1. The maximum absolute atomic E-state index is 4.76. The summed E-state index contributed by atoms with van der Waals surface area (Å²) in [5, 5.41) is 13.7. The van der Waals surface area contributed by atoms with Crippen LogP contribution in [0.25, 0.3) is 16.9 Å². The minimum Gasteiger partial charge on any atom is -0.343 e. The average Bonchev–Trinajstić information content (AvgIpc) is 3.61. The Morgan fingerprint density at radius 1 is 1.06 bits per heavy atom. The van der Waals surface area contributed by atoms with Crippen molar-refractivity contribution in [2.24, 2.45) is 7.05 Å². The minimum absolute atomic E-state index is 0.870. The van der Waals surface area contributed by atoms with E-state index < -0.39 is 0 Å². The molecule has 1 aliphatic heterocycles. The fourth-order valence-electron chi connectivity index (χ4n) is 4.27. The topological polar surface area (TPSA) is 64.7 Å². The van der Waals surface area contributed by atoms with Gasteiger partial charge in [0.05, 0.1) is 11.9 Å². The number of anilines is 1. The van der Waals surface area contributed by atoms with Crippen LogP contribution in [0.3, 0.4) is 0 Å². The highest BCUT2D eigenvalue weighted by molar-refractivity contribution is 7.15. The predicted octanol–water partition coefficient (Wildman–Crippen LogP) is 4.28. The van der Waals surface area contributed by atoms with Gasteiger partial charge in [0, 0.05) is 55.6 Å². The van der Waals surface area contributed by atoms with Crippen LogP contribution in [0.1, 0.15) is 21.6 Å². The average molecular weight is 454 g/mol. The van der Waals surface area contributed by atoms with E-state index in [0.717, 1.165) is 48.0 Å². The zero-order valence-electron chi connectivity index (χ0n) is 18.3. The number of hydrogen-bond donors (Lipinski definition) is 0. The summed E-state index contributed by atoms with van der Waals surface area (Å²) in [6, 6.07) is 17.1. The minimum atomic E-state index is 0.870. The molecule has 0 N–H and O–H groups in total. The summed E-state index contributed by atoms with van der Waals surface area (Å²) in [6.45, 7) is 1.86. The lowest BCUT2D eigenvalue weighted by Crippen LogP contribution is -2.30. The molecule has 0 spiro atoms. The van der Waals surface area contributed by atoms with Crippen molar-refractivity contribution < 1.29 is 0 Å². The zero-order valence-corrected chi connectivity index (χ0v) is 19.1. The highest BCUT2D eigenvalue weighted by Crippen LogP contribution is 2.31. The first kappa shape index (κ1) is 19.9. The van der Waals surface area contributed by atoms with Crippen LogP contribution >= 0.6 is 11.3 Å². The van der Waals surface area contributed by atoms with Crippen LogP contribution in [0.15, 0.2) is 73.3 Å². The van der Waals surface area contributed by atoms with E-state index >= 15 is 0 Å². The molecule has 8 heteroatoms. The second-order valence-electron chi connectivity index (χ2n) is 8.34. The number of nitrogens with zero attached hydrogens (tertiary/aromatic N) is 7. The summed E-state index contributed by atoms with van der Waals surface area (Å²) in [5.41, 5.74) is 7.12. The van der Waals surface area contributed by atoms with Crippen molar-refractivity contribution >= 4 is 16.5 Å². The lowest BCUT2D eigenvalue weighted by Gasteiger charge is -2.28. The van der Waals surface area contributed by atoms with Crippen LogP contribution in [0.5, 0.6) is 0 Å². The van der Waals surface area contributed by atoms with E-state index in [1.54, 1.807) is 22.2 Å². The third kappa shape index (κ3) is 4.05. The number of hydrogen-bond acceptors (Lipinski definition) is 6. The maximum atomic E-state index is 4.76. The van der Waals surface area contributed by atoms with Gasteiger partial charge in [-0.15, -0.1) is 16.4 Å². The van der Waals surface area contributed by atoms with Crippen LogP contribution in [0.2, 0.25) is 0 Å². The van der Waals surface area contributed by atoms with Gasteiger partial charge in [0.15, 0.2) is 5.13 Å². The number of rotatable bonds is 5. The molecular weight excluding hydrogens is 430 g/mol. The van der Waals surface area contributed by atoms with Crippen LogP contribution in [-0.4, -0.2) is 36.3 Å². The summed E-state index contributed by atoms with van der Waals surface area (Å²) >= 11 is 1.79. The van der Waals surface area contributed by atoms with Gasteiger partial charge in [-0.25, -0.2) is 9.67 Å². The van der Waals surface area contributed by atoms with E-state index in [1.165, 1.54) is 21.6 Å². The van der Waals surface area contributed by atoms with Crippen molar-refractivity contribution in [1.29, 1.82) is 0 Å². The second-order valence-corrected chi connectivity index (χ2v) is 9.43. The summed E-state index contributed by atoms with van der Waals surface area (Å²) in [5.74, 6) is 0. The Morgan fingerprint density at radius 3 is 2.76 bits per heavy atom. The molecule has 0 saturated carbocycles. The Labute approximate surface area is 196 Å². The van der Waals surface area contributed by atoms with Crippen LogP contribution in [-0.2, 0) is 26.4 Å². The molecule has 4 heterocycles. The highest BCUT2D eigenvalue weighted by Gasteiger charge is 2.20. The number of thiazole rings is 1. The number of benzene rings is 2. The maximum Gasteiger partial charge on any atom is 0.185 e. The van der Waals surface area contributed by atoms with Crippen molar-refractivity contribution in [3.05, 3.63) is 94.9 Å². The molecule has 7 nitrogen and oxygen atoms in total. The van der Waals surface area contributed by atoms with E-state index in [9.17, 15) is 0 Å². The van der Waals surface area contributed by atoms with E-state index in [4.69, 9.17) is 4.98 Å². The Hall–Kier alpha value is -3.78. The standard InChI is InChI=1S/C25H23N7S/c1-30-17-24(28-29-30)20-6-5-19-9-12-31(16-21(19)14-20)25-26-15-23(33-25)13-18-3-7-22(8-4-18)32-11-2-10-27-32/h2-8,10-11,14-15,17H,9,12-13,16H2,1H3. The van der Waals surface area contributed by atoms with Gasteiger partial charge in [0.25, 0.3) is 0 Å². The van der Waals surface area contributed by atoms with E-state index in [-0.39, 0.29) is 0 Å². The Balaban J connectivity index is 1.16. The smallest absolute Gasteiger partial charge is 0.185 e. The molecule has 0 bridgehead atoms. The van der Waals surface area contributed by atoms with Gasteiger partial charge in [-0.1, -0.05) is 29.5 Å². The van der Waals surface area contributed by atoms with E-state index in [0.29, 0.717) is 0 Å². The molecule has 0 aliphatic carbocycles. The Bertz CT molecular complexity index is 1380. The summed E-state index contributed by atoms with van der Waals surface area (Å²) in [4.78, 5) is 8.42. The first-order valence-corrected chi connectivity index (χ1v) is 11.8. The lowest BCUT2D eigenvalue weighted by molar-refractivity contribution is 0.715. The van der Waals surface area contributed by atoms with Crippen molar-refractivity contribution in [3.8, 4) is 16.9 Å².